The summed E-state index contributed by atoms with van der Waals surface area (Å²) < 4.78 is 100. The van der Waals surface area contributed by atoms with Crippen molar-refractivity contribution in [2.75, 3.05) is 24.6 Å². The minimum Gasteiger partial charge on any atom is -0.494 e. The van der Waals surface area contributed by atoms with Gasteiger partial charge in [-0.2, -0.15) is 13.2 Å². The summed E-state index contributed by atoms with van der Waals surface area (Å²) in [6, 6.07) is 6.16. The zero-order valence-corrected chi connectivity index (χ0v) is 19.9. The van der Waals surface area contributed by atoms with Crippen LogP contribution in [0.5, 0.6) is 5.75 Å². The number of anilines is 1. The highest BCUT2D eigenvalue weighted by Crippen LogP contribution is 2.51. The third kappa shape index (κ3) is 5.85. The van der Waals surface area contributed by atoms with Crippen LogP contribution in [-0.4, -0.2) is 39.0 Å². The van der Waals surface area contributed by atoms with Crippen molar-refractivity contribution in [3.8, 4) is 5.75 Å². The van der Waals surface area contributed by atoms with E-state index in [9.17, 15) is 30.4 Å². The molecule has 1 saturated carbocycles. The second kappa shape index (κ2) is 9.53. The number of nitrogens with one attached hydrogen (secondary N) is 1. The van der Waals surface area contributed by atoms with E-state index in [1.807, 2.05) is 25.1 Å². The minimum atomic E-state index is -4.78. The fourth-order valence-electron chi connectivity index (χ4n) is 4.21. The highest BCUT2D eigenvalue weighted by Gasteiger charge is 2.55. The van der Waals surface area contributed by atoms with Crippen molar-refractivity contribution in [2.45, 2.75) is 56.1 Å². The predicted molar refractivity (Wildman–Crippen MR) is 119 cm³/mol. The summed E-state index contributed by atoms with van der Waals surface area (Å²) in [5, 5.41) is 0. The third-order valence-corrected chi connectivity index (χ3v) is 7.69. The van der Waals surface area contributed by atoms with Gasteiger partial charge in [-0.3, -0.25) is 0 Å². The summed E-state index contributed by atoms with van der Waals surface area (Å²) in [5.74, 6) is -2.92. The fraction of sp³-hybridized carbons (Fsp3) is 0.522. The van der Waals surface area contributed by atoms with E-state index in [2.05, 4.69) is 9.71 Å². The molecule has 6 nitrogen and oxygen atoms in total. The van der Waals surface area contributed by atoms with E-state index < -0.39 is 38.5 Å². The van der Waals surface area contributed by atoms with Crippen LogP contribution in [0, 0.1) is 5.92 Å². The predicted octanol–water partition coefficient (Wildman–Crippen LogP) is 4.78. The number of alkyl halides is 5. The van der Waals surface area contributed by atoms with Crippen molar-refractivity contribution in [1.29, 1.82) is 0 Å². The molecule has 0 bridgehead atoms. The minimum absolute atomic E-state index is 0.0910. The van der Waals surface area contributed by atoms with E-state index in [-0.39, 0.29) is 38.2 Å². The van der Waals surface area contributed by atoms with Crippen LogP contribution in [-0.2, 0) is 29.2 Å². The standard InChI is InChI=1S/C23H26F5N3O3S/c1-2-34-19-6-5-15-7-9-31(14-16(15)10-19)21-20(11-18(13-29-21)23(26,27)28)35(32,33)30-8-3-4-17-12-22(17,24)25/h5-6,10-11,13,17,30H,2-4,7-9,12,14H2,1H3. The van der Waals surface area contributed by atoms with Gasteiger partial charge in [0.25, 0.3) is 5.92 Å². The summed E-state index contributed by atoms with van der Waals surface area (Å²) in [7, 11) is -4.39. The number of aromatic nitrogens is 1. The van der Waals surface area contributed by atoms with Crippen LogP contribution in [0.15, 0.2) is 35.4 Å². The molecule has 0 saturated heterocycles. The van der Waals surface area contributed by atoms with Gasteiger partial charge < -0.3 is 9.64 Å². The summed E-state index contributed by atoms with van der Waals surface area (Å²) in [5.41, 5.74) is 0.719. The van der Waals surface area contributed by atoms with Crippen LogP contribution in [0.2, 0.25) is 0 Å². The van der Waals surface area contributed by atoms with Crippen LogP contribution < -0.4 is 14.4 Å². The number of ether oxygens (including phenoxy) is 1. The molecule has 0 radical (unpaired) electrons. The molecule has 1 aromatic carbocycles. The lowest BCUT2D eigenvalue weighted by Crippen LogP contribution is -2.34. The average molecular weight is 520 g/mol. The first-order valence-corrected chi connectivity index (χ1v) is 12.8. The summed E-state index contributed by atoms with van der Waals surface area (Å²) >= 11 is 0. The van der Waals surface area contributed by atoms with Crippen molar-refractivity contribution in [1.82, 2.24) is 9.71 Å². The van der Waals surface area contributed by atoms with Crippen LogP contribution >= 0.6 is 0 Å². The third-order valence-electron chi connectivity index (χ3n) is 6.23. The maximum absolute atomic E-state index is 13.4. The van der Waals surface area contributed by atoms with E-state index >= 15 is 0 Å². The van der Waals surface area contributed by atoms with E-state index in [1.165, 1.54) is 0 Å². The molecular weight excluding hydrogens is 493 g/mol. The zero-order valence-electron chi connectivity index (χ0n) is 19.0. The van der Waals surface area contributed by atoms with Gasteiger partial charge in [0.15, 0.2) is 0 Å². The quantitative estimate of drug-likeness (QED) is 0.382. The Morgan fingerprint density at radius 1 is 1.23 bits per heavy atom. The Morgan fingerprint density at radius 2 is 1.97 bits per heavy atom. The van der Waals surface area contributed by atoms with Crippen molar-refractivity contribution in [3.63, 3.8) is 0 Å². The van der Waals surface area contributed by atoms with Gasteiger partial charge in [0.2, 0.25) is 10.0 Å². The van der Waals surface area contributed by atoms with Crippen LogP contribution in [0.3, 0.4) is 0 Å². The fourth-order valence-corrected chi connectivity index (χ4v) is 5.49. The highest BCUT2D eigenvalue weighted by molar-refractivity contribution is 7.89. The van der Waals surface area contributed by atoms with Gasteiger partial charge in [-0.25, -0.2) is 26.9 Å². The summed E-state index contributed by atoms with van der Waals surface area (Å²) in [6.45, 7) is 2.76. The molecule has 0 spiro atoms. The number of pyridine rings is 1. The maximum atomic E-state index is 13.4. The zero-order chi connectivity index (χ0) is 25.4. The Morgan fingerprint density at radius 3 is 2.63 bits per heavy atom. The van der Waals surface area contributed by atoms with Crippen molar-refractivity contribution in [2.24, 2.45) is 5.92 Å². The lowest BCUT2D eigenvalue weighted by Gasteiger charge is -2.31. The molecule has 1 unspecified atom stereocenters. The number of halogens is 5. The molecule has 1 N–H and O–H groups in total. The van der Waals surface area contributed by atoms with Crippen LogP contribution in [0.4, 0.5) is 27.8 Å². The molecule has 2 aliphatic rings. The molecular formula is C23H26F5N3O3S. The Bertz CT molecular complexity index is 1190. The van der Waals surface area contributed by atoms with Gasteiger partial charge in [-0.1, -0.05) is 6.07 Å². The van der Waals surface area contributed by atoms with Gasteiger partial charge in [0.1, 0.15) is 16.5 Å². The number of fused-ring (bicyclic) bond motifs is 1. The first-order chi connectivity index (χ1) is 16.4. The van der Waals surface area contributed by atoms with Gasteiger partial charge in [-0.05, 0) is 55.5 Å². The molecule has 1 fully saturated rings. The lowest BCUT2D eigenvalue weighted by atomic mass is 9.99. The normalized spacial score (nSPS) is 19.4. The number of rotatable bonds is 9. The smallest absolute Gasteiger partial charge is 0.417 e. The summed E-state index contributed by atoms with van der Waals surface area (Å²) in [6.07, 6.45) is -3.55. The van der Waals surface area contributed by atoms with Gasteiger partial charge in [0, 0.05) is 38.2 Å². The molecule has 4 rings (SSSR count). The molecule has 2 aromatic rings. The van der Waals surface area contributed by atoms with Crippen molar-refractivity contribution < 1.29 is 35.1 Å². The number of sulfonamides is 1. The molecule has 12 heteroatoms. The molecule has 1 aromatic heterocycles. The molecule has 1 aliphatic carbocycles. The average Bonchev–Trinajstić information content (AvgIpc) is 3.41. The second-order valence-electron chi connectivity index (χ2n) is 8.78. The van der Waals surface area contributed by atoms with E-state index in [0.29, 0.717) is 37.6 Å². The molecule has 1 atom stereocenters. The number of benzene rings is 1. The van der Waals surface area contributed by atoms with E-state index in [1.54, 1.807) is 4.90 Å². The SMILES string of the molecule is CCOc1ccc2c(c1)CN(c1ncc(C(F)(F)F)cc1S(=O)(=O)NCCCC1CC1(F)F)CC2. The Balaban J connectivity index is 1.58. The first-order valence-electron chi connectivity index (χ1n) is 11.3. The topological polar surface area (TPSA) is 71.5 Å². The molecule has 1 aliphatic heterocycles. The van der Waals surface area contributed by atoms with Gasteiger partial charge >= 0.3 is 6.18 Å². The first kappa shape index (κ1) is 25.6. The Labute approximate surface area is 200 Å². The largest absolute Gasteiger partial charge is 0.494 e. The number of hydrogen-bond donors (Lipinski definition) is 1. The van der Waals surface area contributed by atoms with E-state index in [0.717, 1.165) is 11.1 Å². The van der Waals surface area contributed by atoms with Gasteiger partial charge in [-0.15, -0.1) is 0 Å². The molecule has 35 heavy (non-hydrogen) atoms. The van der Waals surface area contributed by atoms with E-state index in [4.69, 9.17) is 4.74 Å². The Hall–Kier alpha value is -2.47. The van der Waals surface area contributed by atoms with Crippen LogP contribution in [0.25, 0.3) is 0 Å². The highest BCUT2D eigenvalue weighted by atomic mass is 32.2. The molecule has 2 heterocycles. The van der Waals surface area contributed by atoms with Crippen LogP contribution in [0.1, 0.15) is 42.9 Å². The summed E-state index contributed by atoms with van der Waals surface area (Å²) in [4.78, 5) is 4.94. The Kier molecular flexibility index (Phi) is 6.98. The second-order valence-corrected chi connectivity index (χ2v) is 10.5. The number of nitrogens with zero attached hydrogens (tertiary/aromatic N) is 2. The maximum Gasteiger partial charge on any atom is 0.417 e. The van der Waals surface area contributed by atoms with Crippen molar-refractivity contribution in [3.05, 3.63) is 47.2 Å². The molecule has 0 amide bonds. The monoisotopic (exact) mass is 519 g/mol. The van der Waals surface area contributed by atoms with Gasteiger partial charge in [0.05, 0.1) is 12.2 Å². The number of hydrogen-bond acceptors (Lipinski definition) is 5. The molecule has 192 valence electrons. The van der Waals surface area contributed by atoms with Crippen molar-refractivity contribution >= 4 is 15.8 Å². The lowest BCUT2D eigenvalue weighted by molar-refractivity contribution is -0.138.